The van der Waals surface area contributed by atoms with Crippen molar-refractivity contribution in [3.05, 3.63) is 24.4 Å². The molecule has 1 aromatic heterocycles. The van der Waals surface area contributed by atoms with Crippen LogP contribution in [0, 0.1) is 6.92 Å². The first-order chi connectivity index (χ1) is 6.63. The van der Waals surface area contributed by atoms with Crippen molar-refractivity contribution in [3.8, 4) is 0 Å². The van der Waals surface area contributed by atoms with Crippen LogP contribution in [-0.2, 0) is 4.79 Å². The van der Waals surface area contributed by atoms with Crippen molar-refractivity contribution < 1.29 is 4.79 Å². The second-order valence-corrected chi connectivity index (χ2v) is 3.06. The van der Waals surface area contributed by atoms with Crippen LogP contribution in [0.15, 0.2) is 18.7 Å². The molecule has 0 saturated heterocycles. The zero-order valence-corrected chi connectivity index (χ0v) is 8.08. The molecule has 0 radical (unpaired) electrons. The quantitative estimate of drug-likeness (QED) is 0.612. The number of nitrogens with one attached hydrogen (secondary N) is 2. The predicted molar refractivity (Wildman–Crippen MR) is 54.7 cm³/mol. The van der Waals surface area contributed by atoms with Crippen molar-refractivity contribution in [2.75, 3.05) is 5.32 Å². The molecular formula is C9H14N4O. The summed E-state index contributed by atoms with van der Waals surface area (Å²) in [6.07, 6.45) is 2.06. The minimum absolute atomic E-state index is 0.253. The van der Waals surface area contributed by atoms with E-state index in [2.05, 4.69) is 22.1 Å². The molecule has 1 unspecified atom stereocenters. The lowest BCUT2D eigenvalue weighted by Gasteiger charge is -2.07. The third-order valence-electron chi connectivity index (χ3n) is 1.71. The van der Waals surface area contributed by atoms with Crippen LogP contribution in [0.2, 0.25) is 0 Å². The fourth-order valence-electron chi connectivity index (χ4n) is 0.988. The number of aromatic nitrogens is 2. The van der Waals surface area contributed by atoms with Gasteiger partial charge in [0, 0.05) is 11.8 Å². The van der Waals surface area contributed by atoms with Gasteiger partial charge in [-0.25, -0.2) is 0 Å². The van der Waals surface area contributed by atoms with E-state index in [-0.39, 0.29) is 5.91 Å². The molecular weight excluding hydrogens is 180 g/mol. The van der Waals surface area contributed by atoms with E-state index in [0.29, 0.717) is 12.2 Å². The molecule has 1 aromatic rings. The zero-order valence-electron chi connectivity index (χ0n) is 8.08. The number of carbonyl (C=O) groups is 1. The molecule has 1 amide bonds. The zero-order chi connectivity index (χ0) is 10.6. The normalized spacial score (nSPS) is 12.1. The number of nitrogens with zero attached hydrogens (tertiary/aromatic N) is 1. The van der Waals surface area contributed by atoms with E-state index in [1.165, 1.54) is 0 Å². The Kier molecular flexibility index (Phi) is 3.41. The highest BCUT2D eigenvalue weighted by atomic mass is 16.2. The molecule has 5 nitrogen and oxygen atoms in total. The first kappa shape index (κ1) is 10.5. The molecule has 1 heterocycles. The van der Waals surface area contributed by atoms with Crippen molar-refractivity contribution in [2.24, 2.45) is 5.73 Å². The molecule has 0 aliphatic heterocycles. The van der Waals surface area contributed by atoms with E-state index >= 15 is 0 Å². The van der Waals surface area contributed by atoms with E-state index in [1.807, 2.05) is 6.92 Å². The van der Waals surface area contributed by atoms with Gasteiger partial charge in [-0.15, -0.1) is 6.58 Å². The minimum atomic E-state index is -0.565. The van der Waals surface area contributed by atoms with E-state index in [0.717, 1.165) is 5.69 Å². The number of aryl methyl sites for hydroxylation is 1. The molecule has 14 heavy (non-hydrogen) atoms. The molecule has 0 spiro atoms. The van der Waals surface area contributed by atoms with Crippen molar-refractivity contribution in [2.45, 2.75) is 19.4 Å². The van der Waals surface area contributed by atoms with Crippen LogP contribution >= 0.6 is 0 Å². The Morgan fingerprint density at radius 2 is 2.64 bits per heavy atom. The summed E-state index contributed by atoms with van der Waals surface area (Å²) >= 11 is 0. The molecule has 0 aromatic carbocycles. The summed E-state index contributed by atoms with van der Waals surface area (Å²) in [5, 5.41) is 9.17. The van der Waals surface area contributed by atoms with Gasteiger partial charge in [-0.05, 0) is 13.3 Å². The highest BCUT2D eigenvalue weighted by Crippen LogP contribution is 2.04. The van der Waals surface area contributed by atoms with Crippen molar-refractivity contribution >= 4 is 11.7 Å². The van der Waals surface area contributed by atoms with E-state index in [1.54, 1.807) is 12.1 Å². The summed E-state index contributed by atoms with van der Waals surface area (Å²) in [5.41, 5.74) is 6.45. The second-order valence-electron chi connectivity index (χ2n) is 3.06. The Morgan fingerprint density at radius 3 is 3.14 bits per heavy atom. The Labute approximate surface area is 82.4 Å². The molecule has 1 rings (SSSR count). The maximum absolute atomic E-state index is 11.4. The summed E-state index contributed by atoms with van der Waals surface area (Å²) in [4.78, 5) is 11.4. The number of amides is 1. The number of rotatable bonds is 4. The number of hydrogen-bond donors (Lipinski definition) is 3. The third kappa shape index (κ3) is 2.70. The Bertz CT molecular complexity index is 331. The van der Waals surface area contributed by atoms with Gasteiger partial charge < -0.3 is 11.1 Å². The molecule has 0 aliphatic carbocycles. The first-order valence-corrected chi connectivity index (χ1v) is 4.33. The highest BCUT2D eigenvalue weighted by Gasteiger charge is 2.12. The fraction of sp³-hybridized carbons (Fsp3) is 0.333. The van der Waals surface area contributed by atoms with Crippen LogP contribution in [0.5, 0.6) is 0 Å². The standard InChI is InChI=1S/C9H14N4O/c1-3-4-7(10)9(14)11-8-5-6(2)12-13-8/h3,5,7H,1,4,10H2,2H3,(H2,11,12,13,14). The average Bonchev–Trinajstić information content (AvgIpc) is 2.51. The first-order valence-electron chi connectivity index (χ1n) is 4.33. The fourth-order valence-corrected chi connectivity index (χ4v) is 0.988. The topological polar surface area (TPSA) is 83.8 Å². The van der Waals surface area contributed by atoms with Crippen molar-refractivity contribution in [1.82, 2.24) is 10.2 Å². The average molecular weight is 194 g/mol. The lowest BCUT2D eigenvalue weighted by Crippen LogP contribution is -2.35. The number of H-pyrrole nitrogens is 1. The van der Waals surface area contributed by atoms with Gasteiger partial charge in [-0.3, -0.25) is 9.89 Å². The lowest BCUT2D eigenvalue weighted by molar-refractivity contribution is -0.117. The summed E-state index contributed by atoms with van der Waals surface area (Å²) in [6, 6.07) is 1.17. The molecule has 76 valence electrons. The maximum Gasteiger partial charge on any atom is 0.242 e. The van der Waals surface area contributed by atoms with Gasteiger partial charge in [0.15, 0.2) is 5.82 Å². The van der Waals surface area contributed by atoms with Crippen LogP contribution in [0.1, 0.15) is 12.1 Å². The molecule has 0 bridgehead atoms. The van der Waals surface area contributed by atoms with Crippen LogP contribution in [0.25, 0.3) is 0 Å². The van der Waals surface area contributed by atoms with Gasteiger partial charge >= 0.3 is 0 Å². The lowest BCUT2D eigenvalue weighted by atomic mass is 10.2. The minimum Gasteiger partial charge on any atom is -0.320 e. The molecule has 0 aliphatic rings. The number of aromatic amines is 1. The van der Waals surface area contributed by atoms with Gasteiger partial charge in [0.05, 0.1) is 6.04 Å². The SMILES string of the molecule is C=CCC(N)C(=O)Nc1cc(C)[nH]n1. The largest absolute Gasteiger partial charge is 0.320 e. The molecule has 0 saturated carbocycles. The van der Waals surface area contributed by atoms with Gasteiger partial charge in [-0.2, -0.15) is 5.10 Å². The van der Waals surface area contributed by atoms with E-state index < -0.39 is 6.04 Å². The summed E-state index contributed by atoms with van der Waals surface area (Å²) in [7, 11) is 0. The highest BCUT2D eigenvalue weighted by molar-refractivity contribution is 5.93. The predicted octanol–water partition coefficient (Wildman–Crippen LogP) is 0.560. The number of carbonyl (C=O) groups excluding carboxylic acids is 1. The van der Waals surface area contributed by atoms with E-state index in [9.17, 15) is 4.79 Å². The summed E-state index contributed by atoms with van der Waals surface area (Å²) < 4.78 is 0. The molecule has 1 atom stereocenters. The smallest absolute Gasteiger partial charge is 0.242 e. The maximum atomic E-state index is 11.4. The second kappa shape index (κ2) is 4.57. The van der Waals surface area contributed by atoms with Crippen molar-refractivity contribution in [1.29, 1.82) is 0 Å². The van der Waals surface area contributed by atoms with Gasteiger partial charge in [0.1, 0.15) is 0 Å². The van der Waals surface area contributed by atoms with Crippen LogP contribution in [0.3, 0.4) is 0 Å². The van der Waals surface area contributed by atoms with Crippen LogP contribution in [-0.4, -0.2) is 22.1 Å². The van der Waals surface area contributed by atoms with Crippen LogP contribution < -0.4 is 11.1 Å². The molecule has 5 heteroatoms. The molecule has 4 N–H and O–H groups in total. The monoisotopic (exact) mass is 194 g/mol. The van der Waals surface area contributed by atoms with Crippen LogP contribution in [0.4, 0.5) is 5.82 Å². The molecule has 0 fully saturated rings. The van der Waals surface area contributed by atoms with Gasteiger partial charge in [0.2, 0.25) is 5.91 Å². The van der Waals surface area contributed by atoms with E-state index in [4.69, 9.17) is 5.73 Å². The Morgan fingerprint density at radius 1 is 1.93 bits per heavy atom. The number of hydrogen-bond acceptors (Lipinski definition) is 3. The van der Waals surface area contributed by atoms with Crippen molar-refractivity contribution in [3.63, 3.8) is 0 Å². The third-order valence-corrected chi connectivity index (χ3v) is 1.71. The van der Waals surface area contributed by atoms with Gasteiger partial charge in [0.25, 0.3) is 0 Å². The Hall–Kier alpha value is -1.62. The number of anilines is 1. The van der Waals surface area contributed by atoms with Gasteiger partial charge in [-0.1, -0.05) is 6.08 Å². The summed E-state index contributed by atoms with van der Waals surface area (Å²) in [5.74, 6) is 0.239. The summed E-state index contributed by atoms with van der Waals surface area (Å²) in [6.45, 7) is 5.37. The number of nitrogens with two attached hydrogens (primary N) is 1. The Balaban J connectivity index is 2.52.